The molecule has 0 heterocycles. The van der Waals surface area contributed by atoms with Crippen LogP contribution in [0.3, 0.4) is 0 Å². The molecule has 0 radical (unpaired) electrons. The molecular weight excluding hydrogens is 308 g/mol. The van der Waals surface area contributed by atoms with Crippen molar-refractivity contribution in [1.82, 2.24) is 0 Å². The SMILES string of the molecule is Cl.N[C@@H](c1c(Br)ccc(F)c1O)C1CCCC1. The highest BCUT2D eigenvalue weighted by atomic mass is 79.9. The predicted molar refractivity (Wildman–Crippen MR) is 71.9 cm³/mol. The molecule has 0 aromatic heterocycles. The van der Waals surface area contributed by atoms with Gasteiger partial charge in [-0.3, -0.25) is 0 Å². The zero-order valence-corrected chi connectivity index (χ0v) is 11.7. The van der Waals surface area contributed by atoms with Crippen molar-refractivity contribution in [3.05, 3.63) is 28.0 Å². The molecule has 0 spiro atoms. The number of hydrogen-bond donors (Lipinski definition) is 2. The summed E-state index contributed by atoms with van der Waals surface area (Å²) in [7, 11) is 0. The molecule has 0 unspecified atom stereocenters. The quantitative estimate of drug-likeness (QED) is 0.866. The van der Waals surface area contributed by atoms with Gasteiger partial charge in [0.2, 0.25) is 0 Å². The number of rotatable bonds is 2. The lowest BCUT2D eigenvalue weighted by Gasteiger charge is -2.21. The van der Waals surface area contributed by atoms with E-state index in [9.17, 15) is 9.50 Å². The van der Waals surface area contributed by atoms with Gasteiger partial charge < -0.3 is 10.8 Å². The van der Waals surface area contributed by atoms with Gasteiger partial charge in [0.15, 0.2) is 11.6 Å². The molecular formula is C12H16BrClFNO. The maximum absolute atomic E-state index is 13.3. The number of halogens is 3. The molecule has 1 aromatic carbocycles. The summed E-state index contributed by atoms with van der Waals surface area (Å²) >= 11 is 3.32. The van der Waals surface area contributed by atoms with Crippen molar-refractivity contribution in [1.29, 1.82) is 0 Å². The van der Waals surface area contributed by atoms with Crippen LogP contribution < -0.4 is 5.73 Å². The summed E-state index contributed by atoms with van der Waals surface area (Å²) in [4.78, 5) is 0. The Morgan fingerprint density at radius 1 is 1.35 bits per heavy atom. The van der Waals surface area contributed by atoms with Gasteiger partial charge in [-0.25, -0.2) is 4.39 Å². The van der Waals surface area contributed by atoms with E-state index in [0.717, 1.165) is 12.8 Å². The Balaban J connectivity index is 0.00000144. The Morgan fingerprint density at radius 2 is 1.94 bits per heavy atom. The Kier molecular flexibility index (Phi) is 5.22. The van der Waals surface area contributed by atoms with Gasteiger partial charge in [0.05, 0.1) is 0 Å². The highest BCUT2D eigenvalue weighted by molar-refractivity contribution is 9.10. The molecule has 96 valence electrons. The van der Waals surface area contributed by atoms with Gasteiger partial charge in [0, 0.05) is 16.1 Å². The second-order valence-corrected chi connectivity index (χ2v) is 5.22. The van der Waals surface area contributed by atoms with Crippen LogP contribution in [0.1, 0.15) is 37.3 Å². The molecule has 5 heteroatoms. The van der Waals surface area contributed by atoms with E-state index in [2.05, 4.69) is 15.9 Å². The van der Waals surface area contributed by atoms with Crippen LogP contribution in [0.25, 0.3) is 0 Å². The first kappa shape index (κ1) is 14.7. The first-order chi connectivity index (χ1) is 7.61. The van der Waals surface area contributed by atoms with Crippen molar-refractivity contribution in [2.45, 2.75) is 31.7 Å². The van der Waals surface area contributed by atoms with E-state index >= 15 is 0 Å². The van der Waals surface area contributed by atoms with Crippen LogP contribution in [0, 0.1) is 11.7 Å². The Morgan fingerprint density at radius 3 is 2.53 bits per heavy atom. The minimum Gasteiger partial charge on any atom is -0.505 e. The molecule has 0 bridgehead atoms. The largest absolute Gasteiger partial charge is 0.505 e. The van der Waals surface area contributed by atoms with E-state index in [0.29, 0.717) is 16.0 Å². The van der Waals surface area contributed by atoms with E-state index in [1.54, 1.807) is 6.07 Å². The maximum atomic E-state index is 13.3. The fraction of sp³-hybridized carbons (Fsp3) is 0.500. The van der Waals surface area contributed by atoms with E-state index in [4.69, 9.17) is 5.73 Å². The number of phenolic OH excluding ortho intramolecular Hbond substituents is 1. The van der Waals surface area contributed by atoms with Gasteiger partial charge in [0.1, 0.15) is 0 Å². The lowest BCUT2D eigenvalue weighted by molar-refractivity contribution is 0.390. The first-order valence-electron chi connectivity index (χ1n) is 5.53. The summed E-state index contributed by atoms with van der Waals surface area (Å²) in [6.45, 7) is 0. The predicted octanol–water partition coefficient (Wildman–Crippen LogP) is 3.91. The molecule has 1 aliphatic carbocycles. The average molecular weight is 325 g/mol. The number of hydrogen-bond acceptors (Lipinski definition) is 2. The van der Waals surface area contributed by atoms with E-state index in [-0.39, 0.29) is 24.2 Å². The van der Waals surface area contributed by atoms with Crippen LogP contribution in [0.2, 0.25) is 0 Å². The Hall–Kier alpha value is -0.320. The third-order valence-corrected chi connectivity index (χ3v) is 4.05. The second-order valence-electron chi connectivity index (χ2n) is 4.36. The van der Waals surface area contributed by atoms with Gasteiger partial charge in [0.25, 0.3) is 0 Å². The van der Waals surface area contributed by atoms with Crippen molar-refractivity contribution < 1.29 is 9.50 Å². The van der Waals surface area contributed by atoms with Crippen LogP contribution in [0.5, 0.6) is 5.75 Å². The highest BCUT2D eigenvalue weighted by Crippen LogP contribution is 2.41. The van der Waals surface area contributed by atoms with Crippen molar-refractivity contribution >= 4 is 28.3 Å². The summed E-state index contributed by atoms with van der Waals surface area (Å²) in [5, 5.41) is 9.72. The molecule has 1 fully saturated rings. The Labute approximate surface area is 115 Å². The summed E-state index contributed by atoms with van der Waals surface area (Å²) < 4.78 is 14.0. The summed E-state index contributed by atoms with van der Waals surface area (Å²) in [6, 6.07) is 2.55. The molecule has 1 atom stereocenters. The third-order valence-electron chi connectivity index (χ3n) is 3.36. The smallest absolute Gasteiger partial charge is 0.165 e. The van der Waals surface area contributed by atoms with Crippen molar-refractivity contribution in [3.8, 4) is 5.75 Å². The van der Waals surface area contributed by atoms with Gasteiger partial charge in [-0.05, 0) is 30.9 Å². The number of nitrogens with two attached hydrogens (primary N) is 1. The molecule has 0 amide bonds. The van der Waals surface area contributed by atoms with Gasteiger partial charge >= 0.3 is 0 Å². The second kappa shape index (κ2) is 6.03. The topological polar surface area (TPSA) is 46.2 Å². The molecule has 2 nitrogen and oxygen atoms in total. The summed E-state index contributed by atoms with van der Waals surface area (Å²) in [5.41, 5.74) is 6.62. The van der Waals surface area contributed by atoms with Gasteiger partial charge in [-0.2, -0.15) is 0 Å². The van der Waals surface area contributed by atoms with Gasteiger partial charge in [-0.1, -0.05) is 28.8 Å². The summed E-state index contributed by atoms with van der Waals surface area (Å²) in [5.74, 6) is -0.565. The number of phenols is 1. The minimum atomic E-state index is -0.605. The van der Waals surface area contributed by atoms with E-state index in [1.165, 1.54) is 18.9 Å². The molecule has 0 aliphatic heterocycles. The molecule has 0 saturated heterocycles. The molecule has 1 saturated carbocycles. The van der Waals surface area contributed by atoms with E-state index < -0.39 is 5.82 Å². The van der Waals surface area contributed by atoms with Crippen LogP contribution >= 0.6 is 28.3 Å². The van der Waals surface area contributed by atoms with Gasteiger partial charge in [-0.15, -0.1) is 12.4 Å². The van der Waals surface area contributed by atoms with Crippen LogP contribution in [0.4, 0.5) is 4.39 Å². The molecule has 17 heavy (non-hydrogen) atoms. The van der Waals surface area contributed by atoms with Crippen molar-refractivity contribution in [3.63, 3.8) is 0 Å². The lowest BCUT2D eigenvalue weighted by atomic mass is 9.92. The molecule has 2 rings (SSSR count). The number of benzene rings is 1. The fourth-order valence-corrected chi connectivity index (χ4v) is 3.01. The zero-order chi connectivity index (χ0) is 11.7. The molecule has 1 aromatic rings. The van der Waals surface area contributed by atoms with Crippen LogP contribution in [-0.2, 0) is 0 Å². The minimum absolute atomic E-state index is 0. The first-order valence-corrected chi connectivity index (χ1v) is 6.33. The van der Waals surface area contributed by atoms with E-state index in [1.807, 2.05) is 0 Å². The summed E-state index contributed by atoms with van der Waals surface area (Å²) in [6.07, 6.45) is 4.46. The molecule has 3 N–H and O–H groups in total. The monoisotopic (exact) mass is 323 g/mol. The zero-order valence-electron chi connectivity index (χ0n) is 9.33. The van der Waals surface area contributed by atoms with Crippen molar-refractivity contribution in [2.75, 3.05) is 0 Å². The lowest BCUT2D eigenvalue weighted by Crippen LogP contribution is -2.20. The maximum Gasteiger partial charge on any atom is 0.165 e. The standard InChI is InChI=1S/C12H15BrFNO.ClH/c13-8-5-6-9(14)12(16)10(8)11(15)7-3-1-2-4-7;/h5-7,11,16H,1-4,15H2;1H/t11-;/m1./s1. The average Bonchev–Trinajstić information content (AvgIpc) is 2.77. The normalized spacial score (nSPS) is 17.8. The molecule has 1 aliphatic rings. The van der Waals surface area contributed by atoms with Crippen LogP contribution in [0.15, 0.2) is 16.6 Å². The third kappa shape index (κ3) is 2.92. The highest BCUT2D eigenvalue weighted by Gasteiger charge is 2.27. The number of aromatic hydroxyl groups is 1. The van der Waals surface area contributed by atoms with Crippen LogP contribution in [-0.4, -0.2) is 5.11 Å². The fourth-order valence-electron chi connectivity index (χ4n) is 2.43. The van der Waals surface area contributed by atoms with Crippen molar-refractivity contribution in [2.24, 2.45) is 11.7 Å². The Bertz CT molecular complexity index is 396.